The SMILES string of the molecule is COc1ccc(CC(C)N(C)CC(O)c2ccc(O)c(NC=O)c2)cc1.COc1ccc(CC(C)N(C)CC(O)c2ccc(O)c(NC=O)c2)cc1.O=C(O)/C=C/C(=O)O. The second-order valence-corrected chi connectivity index (χ2v) is 13.8. The Morgan fingerprint density at radius 2 is 0.950 bits per heavy atom. The van der Waals surface area contributed by atoms with Crippen LogP contribution in [0.5, 0.6) is 23.0 Å². The number of phenolic OH excluding ortho intramolecular Hbond substituents is 2. The van der Waals surface area contributed by atoms with Crippen molar-refractivity contribution >= 4 is 36.1 Å². The lowest BCUT2D eigenvalue weighted by atomic mass is 10.0. The zero-order valence-electron chi connectivity index (χ0n) is 34.6. The number of aliphatic hydroxyl groups excluding tert-OH is 2. The van der Waals surface area contributed by atoms with Gasteiger partial charge in [-0.25, -0.2) is 9.59 Å². The van der Waals surface area contributed by atoms with Gasteiger partial charge in [-0.3, -0.25) is 9.59 Å². The molecule has 0 radical (unpaired) electrons. The van der Waals surface area contributed by atoms with E-state index in [-0.39, 0.29) is 35.0 Å². The summed E-state index contributed by atoms with van der Waals surface area (Å²) in [5.74, 6) is -0.919. The molecule has 0 saturated carbocycles. The molecule has 4 unspecified atom stereocenters. The molecular formula is C44H56N4O12. The molecule has 4 aromatic rings. The van der Waals surface area contributed by atoms with E-state index in [2.05, 4.69) is 34.3 Å². The molecule has 4 atom stereocenters. The second kappa shape index (κ2) is 25.8. The predicted octanol–water partition coefficient (Wildman–Crippen LogP) is 4.84. The van der Waals surface area contributed by atoms with Gasteiger partial charge in [0, 0.05) is 37.3 Å². The predicted molar refractivity (Wildman–Crippen MR) is 227 cm³/mol. The Labute approximate surface area is 349 Å². The van der Waals surface area contributed by atoms with Crippen LogP contribution in [0.1, 0.15) is 48.3 Å². The maximum Gasteiger partial charge on any atom is 0.328 e. The molecule has 0 aliphatic heterocycles. The van der Waals surface area contributed by atoms with Crippen LogP contribution < -0.4 is 20.1 Å². The van der Waals surface area contributed by atoms with Crippen molar-refractivity contribution in [2.24, 2.45) is 0 Å². The van der Waals surface area contributed by atoms with Crippen LogP contribution in [0.3, 0.4) is 0 Å². The fraction of sp³-hybridized carbons (Fsp3) is 0.318. The Kier molecular flexibility index (Phi) is 21.4. The Balaban J connectivity index is 0.000000350. The molecule has 2 amide bonds. The summed E-state index contributed by atoms with van der Waals surface area (Å²) < 4.78 is 10.3. The van der Waals surface area contributed by atoms with Crippen molar-refractivity contribution in [3.05, 3.63) is 119 Å². The first-order chi connectivity index (χ1) is 28.5. The Bertz CT molecular complexity index is 1830. The van der Waals surface area contributed by atoms with Crippen LogP contribution in [0, 0.1) is 0 Å². The molecule has 16 heteroatoms. The largest absolute Gasteiger partial charge is 0.506 e. The number of aliphatic hydroxyl groups is 2. The lowest BCUT2D eigenvalue weighted by molar-refractivity contribution is -0.134. The molecule has 0 heterocycles. The molecule has 16 nitrogen and oxygen atoms in total. The van der Waals surface area contributed by atoms with E-state index in [1.807, 2.05) is 62.6 Å². The van der Waals surface area contributed by atoms with E-state index >= 15 is 0 Å². The molecule has 0 aliphatic carbocycles. The number of methoxy groups -OCH3 is 2. The summed E-state index contributed by atoms with van der Waals surface area (Å²) in [6.07, 6.45) is 2.34. The van der Waals surface area contributed by atoms with Gasteiger partial charge in [0.15, 0.2) is 0 Å². The van der Waals surface area contributed by atoms with Gasteiger partial charge in [0.05, 0.1) is 37.8 Å². The number of carboxylic acid groups (broad SMARTS) is 2. The first-order valence-electron chi connectivity index (χ1n) is 18.7. The zero-order chi connectivity index (χ0) is 44.8. The summed E-state index contributed by atoms with van der Waals surface area (Å²) in [5.41, 5.74) is 4.23. The van der Waals surface area contributed by atoms with Gasteiger partial charge in [-0.05, 0) is 112 Å². The number of amides is 2. The molecule has 0 fully saturated rings. The van der Waals surface area contributed by atoms with E-state index in [1.54, 1.807) is 38.5 Å². The van der Waals surface area contributed by atoms with Crippen LogP contribution in [0.4, 0.5) is 11.4 Å². The van der Waals surface area contributed by atoms with Gasteiger partial charge < -0.3 is 60.5 Å². The molecule has 0 spiro atoms. The van der Waals surface area contributed by atoms with E-state index in [0.29, 0.717) is 49.2 Å². The molecule has 0 aromatic heterocycles. The molecule has 60 heavy (non-hydrogen) atoms. The van der Waals surface area contributed by atoms with Crippen molar-refractivity contribution in [3.63, 3.8) is 0 Å². The summed E-state index contributed by atoms with van der Waals surface area (Å²) in [6, 6.07) is 25.7. The number of carboxylic acids is 2. The fourth-order valence-electron chi connectivity index (χ4n) is 5.66. The van der Waals surface area contributed by atoms with E-state index < -0.39 is 24.1 Å². The van der Waals surface area contributed by atoms with Gasteiger partial charge >= 0.3 is 11.9 Å². The summed E-state index contributed by atoms with van der Waals surface area (Å²) in [5, 5.41) is 60.9. The molecule has 4 rings (SSSR count). The first kappa shape index (κ1) is 49.7. The number of hydrogen-bond donors (Lipinski definition) is 8. The van der Waals surface area contributed by atoms with E-state index in [9.17, 15) is 39.6 Å². The monoisotopic (exact) mass is 832 g/mol. The number of carbonyl (C=O) groups excluding carboxylic acids is 2. The normalized spacial score (nSPS) is 12.8. The van der Waals surface area contributed by atoms with Crippen LogP contribution >= 0.6 is 0 Å². The number of rotatable bonds is 20. The number of likely N-dealkylation sites (N-methyl/N-ethyl adjacent to an activating group) is 2. The number of nitrogens with zero attached hydrogens (tertiary/aromatic N) is 2. The topological polar surface area (TPSA) is 239 Å². The highest BCUT2D eigenvalue weighted by atomic mass is 16.5. The van der Waals surface area contributed by atoms with Gasteiger partial charge in [0.1, 0.15) is 23.0 Å². The maximum atomic E-state index is 10.6. The average Bonchev–Trinajstić information content (AvgIpc) is 3.22. The number of aromatic hydroxyl groups is 2. The maximum absolute atomic E-state index is 10.6. The van der Waals surface area contributed by atoms with Gasteiger partial charge in [-0.2, -0.15) is 0 Å². The summed E-state index contributed by atoms with van der Waals surface area (Å²) >= 11 is 0. The third kappa shape index (κ3) is 17.6. The number of anilines is 2. The highest BCUT2D eigenvalue weighted by Crippen LogP contribution is 2.29. The lowest BCUT2D eigenvalue weighted by Gasteiger charge is -2.27. The van der Waals surface area contributed by atoms with Crippen LogP contribution in [-0.4, -0.2) is 119 Å². The highest BCUT2D eigenvalue weighted by molar-refractivity contribution is 5.89. The molecule has 8 N–H and O–H groups in total. The van der Waals surface area contributed by atoms with Crippen LogP contribution in [-0.2, 0) is 32.0 Å². The third-order valence-corrected chi connectivity index (χ3v) is 9.42. The van der Waals surface area contributed by atoms with E-state index in [4.69, 9.17) is 19.7 Å². The Hall–Kier alpha value is -6.46. The summed E-state index contributed by atoms with van der Waals surface area (Å²) in [6.45, 7) is 5.07. The van der Waals surface area contributed by atoms with Crippen LogP contribution in [0.2, 0.25) is 0 Å². The lowest BCUT2D eigenvalue weighted by Crippen LogP contribution is -2.34. The number of nitrogens with one attached hydrogen (secondary N) is 2. The number of benzene rings is 4. The minimum atomic E-state index is -1.26. The first-order valence-corrected chi connectivity index (χ1v) is 18.7. The molecule has 0 aliphatic rings. The molecule has 0 bridgehead atoms. The van der Waals surface area contributed by atoms with Crippen molar-refractivity contribution < 1.29 is 59.3 Å². The van der Waals surface area contributed by atoms with Gasteiger partial charge in [-0.15, -0.1) is 0 Å². The minimum absolute atomic E-state index is 0.0331. The van der Waals surface area contributed by atoms with Crippen LogP contribution in [0.15, 0.2) is 97.1 Å². The number of hydrogen-bond acceptors (Lipinski definition) is 12. The van der Waals surface area contributed by atoms with Gasteiger partial charge in [-0.1, -0.05) is 36.4 Å². The zero-order valence-corrected chi connectivity index (χ0v) is 34.6. The van der Waals surface area contributed by atoms with Crippen LogP contribution in [0.25, 0.3) is 0 Å². The van der Waals surface area contributed by atoms with E-state index in [1.165, 1.54) is 23.3 Å². The molecule has 4 aromatic carbocycles. The average molecular weight is 833 g/mol. The molecule has 0 saturated heterocycles. The summed E-state index contributed by atoms with van der Waals surface area (Å²) in [4.78, 5) is 44.4. The number of ether oxygens (including phenoxy) is 2. The fourth-order valence-corrected chi connectivity index (χ4v) is 5.66. The highest BCUT2D eigenvalue weighted by Gasteiger charge is 2.19. The number of carbonyl (C=O) groups is 4. The van der Waals surface area contributed by atoms with Gasteiger partial charge in [0.25, 0.3) is 0 Å². The van der Waals surface area contributed by atoms with Crippen molar-refractivity contribution in [2.45, 2.75) is 51.0 Å². The van der Waals surface area contributed by atoms with Crippen molar-refractivity contribution in [1.29, 1.82) is 0 Å². The van der Waals surface area contributed by atoms with E-state index in [0.717, 1.165) is 24.3 Å². The Morgan fingerprint density at radius 1 is 0.617 bits per heavy atom. The quantitative estimate of drug-likeness (QED) is 0.0338. The van der Waals surface area contributed by atoms with Crippen molar-refractivity contribution in [3.8, 4) is 23.0 Å². The number of phenols is 2. The molecular weight excluding hydrogens is 777 g/mol. The van der Waals surface area contributed by atoms with Crippen molar-refractivity contribution in [1.82, 2.24) is 9.80 Å². The number of aliphatic carboxylic acids is 2. The molecule has 324 valence electrons. The third-order valence-electron chi connectivity index (χ3n) is 9.42. The smallest absolute Gasteiger partial charge is 0.328 e. The Morgan fingerprint density at radius 3 is 1.23 bits per heavy atom. The van der Waals surface area contributed by atoms with Gasteiger partial charge in [0.2, 0.25) is 12.8 Å². The summed E-state index contributed by atoms with van der Waals surface area (Å²) in [7, 11) is 7.21. The standard InChI is InChI=1S/2C20H26N2O4.C4H4O4/c2*1-14(10-15-4-7-17(26-3)8-5-15)22(2)12-20(25)16-6-9-19(24)18(11-16)21-13-23;5-3(6)1-2-4(7)8/h2*4-9,11,13-14,20,24-25H,10,12H2,1-3H3,(H,21,23);1-2H,(H,5,6)(H,7,8)/b;;2-1+. The van der Waals surface area contributed by atoms with Crippen molar-refractivity contribution in [2.75, 3.05) is 52.0 Å². The minimum Gasteiger partial charge on any atom is -0.506 e. The second-order valence-electron chi connectivity index (χ2n) is 13.8.